The summed E-state index contributed by atoms with van der Waals surface area (Å²) in [7, 11) is 0. The maximum atomic E-state index is 12.2. The summed E-state index contributed by atoms with van der Waals surface area (Å²) in [6.45, 7) is -0.106. The summed E-state index contributed by atoms with van der Waals surface area (Å²) in [6.07, 6.45) is 0. The number of hydrogen-bond acceptors (Lipinski definition) is 7. The van der Waals surface area contributed by atoms with Gasteiger partial charge in [0.25, 0.3) is 5.69 Å². The SMILES string of the molecule is N#Cc1cccc(Oc2ccc(C(=O)OCc3cccc([N+](=O)[O-])c3)cc2)c1C#N. The van der Waals surface area contributed by atoms with Crippen molar-refractivity contribution in [2.24, 2.45) is 0 Å². The minimum absolute atomic E-state index is 0.0812. The Morgan fingerprint density at radius 2 is 1.73 bits per heavy atom. The van der Waals surface area contributed by atoms with Crippen molar-refractivity contribution in [3.63, 3.8) is 0 Å². The van der Waals surface area contributed by atoms with Crippen LogP contribution >= 0.6 is 0 Å². The Bertz CT molecular complexity index is 1190. The van der Waals surface area contributed by atoms with E-state index in [1.165, 1.54) is 48.5 Å². The third-order valence-electron chi connectivity index (χ3n) is 4.07. The van der Waals surface area contributed by atoms with Crippen LogP contribution < -0.4 is 4.74 Å². The van der Waals surface area contributed by atoms with Gasteiger partial charge >= 0.3 is 5.97 Å². The van der Waals surface area contributed by atoms with Gasteiger partial charge in [-0.1, -0.05) is 18.2 Å². The summed E-state index contributed by atoms with van der Waals surface area (Å²) in [5, 5.41) is 29.1. The van der Waals surface area contributed by atoms with E-state index in [-0.39, 0.29) is 34.7 Å². The number of nitro groups is 1. The molecule has 0 spiro atoms. The highest BCUT2D eigenvalue weighted by atomic mass is 16.6. The lowest BCUT2D eigenvalue weighted by atomic mass is 10.1. The lowest BCUT2D eigenvalue weighted by Gasteiger charge is -2.09. The van der Waals surface area contributed by atoms with Crippen molar-refractivity contribution >= 4 is 11.7 Å². The first-order valence-electron chi connectivity index (χ1n) is 8.63. The molecule has 0 aliphatic rings. The van der Waals surface area contributed by atoms with E-state index in [1.54, 1.807) is 18.2 Å². The number of esters is 1. The van der Waals surface area contributed by atoms with Crippen molar-refractivity contribution in [2.45, 2.75) is 6.61 Å². The van der Waals surface area contributed by atoms with E-state index in [4.69, 9.17) is 14.7 Å². The van der Waals surface area contributed by atoms with Crippen LogP contribution in [-0.2, 0) is 11.3 Å². The Hall–Kier alpha value is -4.69. The van der Waals surface area contributed by atoms with Gasteiger partial charge in [-0.2, -0.15) is 10.5 Å². The highest BCUT2D eigenvalue weighted by Gasteiger charge is 2.12. The van der Waals surface area contributed by atoms with Crippen molar-refractivity contribution in [2.75, 3.05) is 0 Å². The van der Waals surface area contributed by atoms with Gasteiger partial charge in [-0.15, -0.1) is 0 Å². The summed E-state index contributed by atoms with van der Waals surface area (Å²) in [5.74, 6) is 0.00613. The van der Waals surface area contributed by atoms with Crippen LogP contribution in [-0.4, -0.2) is 10.9 Å². The number of non-ortho nitro benzene ring substituents is 1. The van der Waals surface area contributed by atoms with Gasteiger partial charge in [-0.3, -0.25) is 10.1 Å². The highest BCUT2D eigenvalue weighted by molar-refractivity contribution is 5.89. The average Bonchev–Trinajstić information content (AvgIpc) is 2.78. The second kappa shape index (κ2) is 9.00. The summed E-state index contributed by atoms with van der Waals surface area (Å²) >= 11 is 0. The van der Waals surface area contributed by atoms with E-state index in [2.05, 4.69) is 0 Å². The number of hydrogen-bond donors (Lipinski definition) is 0. The molecule has 146 valence electrons. The van der Waals surface area contributed by atoms with E-state index in [0.29, 0.717) is 11.3 Å². The van der Waals surface area contributed by atoms with Crippen LogP contribution in [0.25, 0.3) is 0 Å². The maximum Gasteiger partial charge on any atom is 0.338 e. The van der Waals surface area contributed by atoms with E-state index in [0.717, 1.165) is 0 Å². The number of carbonyl (C=O) groups excluding carboxylic acids is 1. The molecule has 30 heavy (non-hydrogen) atoms. The maximum absolute atomic E-state index is 12.2. The Balaban J connectivity index is 1.67. The Labute approximate surface area is 171 Å². The monoisotopic (exact) mass is 399 g/mol. The van der Waals surface area contributed by atoms with Gasteiger partial charge in [-0.05, 0) is 42.0 Å². The van der Waals surface area contributed by atoms with E-state index < -0.39 is 10.9 Å². The quantitative estimate of drug-likeness (QED) is 0.339. The first kappa shape index (κ1) is 20.1. The molecule has 0 unspecified atom stereocenters. The van der Waals surface area contributed by atoms with Gasteiger partial charge in [0.2, 0.25) is 0 Å². The number of carbonyl (C=O) groups is 1. The third-order valence-corrected chi connectivity index (χ3v) is 4.07. The second-order valence-corrected chi connectivity index (χ2v) is 6.03. The molecule has 3 rings (SSSR count). The molecular formula is C22H13N3O5. The van der Waals surface area contributed by atoms with Crippen LogP contribution in [0.1, 0.15) is 27.0 Å². The number of nitrogens with zero attached hydrogens (tertiary/aromatic N) is 3. The molecule has 0 aliphatic heterocycles. The van der Waals surface area contributed by atoms with Crippen LogP contribution in [0.2, 0.25) is 0 Å². The minimum Gasteiger partial charge on any atom is -0.457 e. The molecular weight excluding hydrogens is 386 g/mol. The number of rotatable bonds is 6. The largest absolute Gasteiger partial charge is 0.457 e. The van der Waals surface area contributed by atoms with Crippen LogP contribution in [0.4, 0.5) is 5.69 Å². The highest BCUT2D eigenvalue weighted by Crippen LogP contribution is 2.27. The molecule has 8 nitrogen and oxygen atoms in total. The normalized spacial score (nSPS) is 9.80. The van der Waals surface area contributed by atoms with E-state index in [9.17, 15) is 20.2 Å². The smallest absolute Gasteiger partial charge is 0.338 e. The molecule has 3 aromatic rings. The summed E-state index contributed by atoms with van der Waals surface area (Å²) < 4.78 is 10.8. The van der Waals surface area contributed by atoms with Crippen molar-refractivity contribution in [1.82, 2.24) is 0 Å². The van der Waals surface area contributed by atoms with Gasteiger partial charge in [0.15, 0.2) is 0 Å². The van der Waals surface area contributed by atoms with Gasteiger partial charge in [-0.25, -0.2) is 4.79 Å². The molecule has 0 fully saturated rings. The van der Waals surface area contributed by atoms with Gasteiger partial charge in [0.05, 0.1) is 16.1 Å². The van der Waals surface area contributed by atoms with Crippen molar-refractivity contribution in [3.8, 4) is 23.6 Å². The van der Waals surface area contributed by atoms with E-state index >= 15 is 0 Å². The topological polar surface area (TPSA) is 126 Å². The molecule has 0 saturated heterocycles. The number of nitriles is 2. The Morgan fingerprint density at radius 1 is 1.00 bits per heavy atom. The zero-order valence-electron chi connectivity index (χ0n) is 15.4. The first-order valence-corrected chi connectivity index (χ1v) is 8.63. The fraction of sp³-hybridized carbons (Fsp3) is 0.0455. The average molecular weight is 399 g/mol. The van der Waals surface area contributed by atoms with E-state index in [1.807, 2.05) is 12.1 Å². The predicted molar refractivity (Wildman–Crippen MR) is 105 cm³/mol. The minimum atomic E-state index is -0.600. The fourth-order valence-corrected chi connectivity index (χ4v) is 2.60. The molecule has 0 saturated carbocycles. The van der Waals surface area contributed by atoms with Gasteiger partial charge in [0, 0.05) is 12.1 Å². The molecule has 3 aromatic carbocycles. The van der Waals surface area contributed by atoms with Crippen LogP contribution in [0, 0.1) is 32.8 Å². The lowest BCUT2D eigenvalue weighted by molar-refractivity contribution is -0.384. The van der Waals surface area contributed by atoms with Crippen molar-refractivity contribution < 1.29 is 19.2 Å². The van der Waals surface area contributed by atoms with Crippen molar-refractivity contribution in [3.05, 3.63) is 99.1 Å². The van der Waals surface area contributed by atoms with Gasteiger partial charge < -0.3 is 9.47 Å². The van der Waals surface area contributed by atoms with Crippen molar-refractivity contribution in [1.29, 1.82) is 10.5 Å². The first-order chi connectivity index (χ1) is 14.5. The standard InChI is InChI=1S/C22H13N3O5/c23-12-17-4-2-6-21(20(17)13-24)30-19-9-7-16(8-10-19)22(26)29-14-15-3-1-5-18(11-15)25(27)28/h1-11H,14H2. The summed E-state index contributed by atoms with van der Waals surface area (Å²) in [5.41, 5.74) is 1.01. The summed E-state index contributed by atoms with van der Waals surface area (Å²) in [6, 6.07) is 20.5. The molecule has 0 amide bonds. The Morgan fingerprint density at radius 3 is 2.40 bits per heavy atom. The second-order valence-electron chi connectivity index (χ2n) is 6.03. The molecule has 0 N–H and O–H groups in total. The number of ether oxygens (including phenoxy) is 2. The molecule has 0 aromatic heterocycles. The van der Waals surface area contributed by atoms with Crippen LogP contribution in [0.5, 0.6) is 11.5 Å². The molecule has 0 radical (unpaired) electrons. The molecule has 0 aliphatic carbocycles. The Kier molecular flexibility index (Phi) is 6.02. The third kappa shape index (κ3) is 4.58. The van der Waals surface area contributed by atoms with Crippen LogP contribution in [0.15, 0.2) is 66.7 Å². The fourth-order valence-electron chi connectivity index (χ4n) is 2.60. The van der Waals surface area contributed by atoms with Crippen LogP contribution in [0.3, 0.4) is 0 Å². The molecule has 0 heterocycles. The zero-order chi connectivity index (χ0) is 21.5. The number of benzene rings is 3. The molecule has 0 bridgehead atoms. The lowest BCUT2D eigenvalue weighted by Crippen LogP contribution is -2.05. The zero-order valence-corrected chi connectivity index (χ0v) is 15.4. The predicted octanol–water partition coefficient (Wildman–Crippen LogP) is 4.49. The summed E-state index contributed by atoms with van der Waals surface area (Å²) in [4.78, 5) is 22.5. The molecule has 8 heteroatoms. The number of nitro benzene ring substituents is 1. The van der Waals surface area contributed by atoms with Gasteiger partial charge in [0.1, 0.15) is 35.8 Å². The molecule has 0 atom stereocenters.